The average Bonchev–Trinajstić information content (AvgIpc) is 2.93. The molecule has 1 rings (SSSR count). The lowest BCUT2D eigenvalue weighted by Gasteiger charge is -2.15. The summed E-state index contributed by atoms with van der Waals surface area (Å²) in [5, 5.41) is 2.09. The molecule has 0 aromatic carbocycles. The van der Waals surface area contributed by atoms with Crippen molar-refractivity contribution in [3.63, 3.8) is 0 Å². The second-order valence-electron chi connectivity index (χ2n) is 5.80. The molecular formula is C16H29O3PS. The molecule has 1 unspecified atom stereocenters. The van der Waals surface area contributed by atoms with Crippen molar-refractivity contribution in [3.8, 4) is 0 Å². The van der Waals surface area contributed by atoms with E-state index in [1.54, 1.807) is 11.3 Å². The molecule has 0 aliphatic rings. The normalized spacial score (nSPS) is 13.5. The van der Waals surface area contributed by atoms with Crippen LogP contribution in [-0.2, 0) is 4.57 Å². The van der Waals surface area contributed by atoms with Crippen LogP contribution in [0.25, 0.3) is 0 Å². The molecule has 0 saturated heterocycles. The highest BCUT2D eigenvalue weighted by Gasteiger charge is 2.16. The third-order valence-electron chi connectivity index (χ3n) is 3.85. The summed E-state index contributed by atoms with van der Waals surface area (Å²) in [5.41, 5.74) is 0. The first kappa shape index (κ1) is 18.9. The predicted molar refractivity (Wildman–Crippen MR) is 91.2 cm³/mol. The van der Waals surface area contributed by atoms with E-state index in [-0.39, 0.29) is 6.16 Å². The van der Waals surface area contributed by atoms with E-state index in [1.165, 1.54) is 43.4 Å². The lowest BCUT2D eigenvalue weighted by molar-refractivity contribution is 0.369. The zero-order valence-electron chi connectivity index (χ0n) is 13.0. The minimum Gasteiger partial charge on any atom is -0.324 e. The molecule has 21 heavy (non-hydrogen) atoms. The highest BCUT2D eigenvalue weighted by Crippen LogP contribution is 2.38. The number of rotatable bonds is 12. The van der Waals surface area contributed by atoms with Crippen molar-refractivity contribution in [3.05, 3.63) is 22.4 Å². The van der Waals surface area contributed by atoms with Crippen LogP contribution in [0.3, 0.4) is 0 Å². The molecule has 3 nitrogen and oxygen atoms in total. The van der Waals surface area contributed by atoms with Crippen molar-refractivity contribution in [1.82, 2.24) is 0 Å². The molecule has 122 valence electrons. The highest BCUT2D eigenvalue weighted by molar-refractivity contribution is 7.51. The van der Waals surface area contributed by atoms with E-state index in [0.717, 1.165) is 12.8 Å². The second kappa shape index (κ2) is 10.6. The first-order chi connectivity index (χ1) is 10.0. The molecule has 1 heterocycles. The van der Waals surface area contributed by atoms with Gasteiger partial charge in [0.05, 0.1) is 0 Å². The van der Waals surface area contributed by atoms with Crippen LogP contribution < -0.4 is 0 Å². The van der Waals surface area contributed by atoms with Gasteiger partial charge in [-0.2, -0.15) is 0 Å². The van der Waals surface area contributed by atoms with Crippen LogP contribution in [0.2, 0.25) is 0 Å². The summed E-state index contributed by atoms with van der Waals surface area (Å²) in [4.78, 5) is 19.3. The molecule has 5 heteroatoms. The van der Waals surface area contributed by atoms with E-state index in [4.69, 9.17) is 9.79 Å². The largest absolute Gasteiger partial charge is 0.325 e. The average molecular weight is 332 g/mol. The minimum atomic E-state index is -3.84. The van der Waals surface area contributed by atoms with Crippen LogP contribution in [-0.4, -0.2) is 15.9 Å². The molecular weight excluding hydrogens is 303 g/mol. The molecule has 1 aromatic heterocycles. The van der Waals surface area contributed by atoms with Crippen LogP contribution in [0.5, 0.6) is 0 Å². The van der Waals surface area contributed by atoms with Gasteiger partial charge < -0.3 is 9.79 Å². The fourth-order valence-electron chi connectivity index (χ4n) is 2.67. The van der Waals surface area contributed by atoms with Gasteiger partial charge in [-0.25, -0.2) is 0 Å². The van der Waals surface area contributed by atoms with Crippen LogP contribution in [0.1, 0.15) is 75.5 Å². The molecule has 0 bridgehead atoms. The molecule has 2 N–H and O–H groups in total. The minimum absolute atomic E-state index is 0.0192. The molecule has 0 fully saturated rings. The quantitative estimate of drug-likeness (QED) is 0.390. The highest BCUT2D eigenvalue weighted by atomic mass is 32.1. The summed E-state index contributed by atoms with van der Waals surface area (Å²) >= 11 is 1.77. The summed E-state index contributed by atoms with van der Waals surface area (Å²) in [6.45, 7) is 2.23. The Hall–Kier alpha value is -0.150. The zero-order chi connectivity index (χ0) is 15.6. The molecule has 0 saturated carbocycles. The molecule has 1 aromatic rings. The van der Waals surface area contributed by atoms with Gasteiger partial charge in [-0.15, -0.1) is 11.3 Å². The summed E-state index contributed by atoms with van der Waals surface area (Å²) in [5.74, 6) is 0.475. The van der Waals surface area contributed by atoms with Crippen LogP contribution in [0, 0.1) is 0 Å². The first-order valence-electron chi connectivity index (χ1n) is 8.11. The Labute approximate surface area is 133 Å². The summed E-state index contributed by atoms with van der Waals surface area (Å²) < 4.78 is 11.0. The van der Waals surface area contributed by atoms with E-state index in [1.807, 2.05) is 0 Å². The molecule has 0 amide bonds. The van der Waals surface area contributed by atoms with E-state index >= 15 is 0 Å². The van der Waals surface area contributed by atoms with Crippen LogP contribution >= 0.6 is 18.9 Å². The van der Waals surface area contributed by atoms with Gasteiger partial charge in [-0.3, -0.25) is 4.57 Å². The van der Waals surface area contributed by atoms with Gasteiger partial charge in [-0.1, -0.05) is 51.5 Å². The van der Waals surface area contributed by atoms with Gasteiger partial charge >= 0.3 is 7.60 Å². The first-order valence-corrected chi connectivity index (χ1v) is 10.8. The molecule has 0 aliphatic heterocycles. The summed E-state index contributed by atoms with van der Waals surface area (Å²) in [6.07, 6.45) is 10.4. The van der Waals surface area contributed by atoms with Gasteiger partial charge in [0.25, 0.3) is 0 Å². The fourth-order valence-corrected chi connectivity index (χ4v) is 4.16. The van der Waals surface area contributed by atoms with Gasteiger partial charge in [0, 0.05) is 11.0 Å². The topological polar surface area (TPSA) is 57.5 Å². The lowest BCUT2D eigenvalue weighted by Crippen LogP contribution is -1.99. The Bertz CT molecular complexity index is 400. The van der Waals surface area contributed by atoms with Crippen LogP contribution in [0.15, 0.2) is 17.5 Å². The maximum Gasteiger partial charge on any atom is 0.325 e. The van der Waals surface area contributed by atoms with Crippen LogP contribution in [0.4, 0.5) is 0 Å². The van der Waals surface area contributed by atoms with Crippen molar-refractivity contribution in [2.24, 2.45) is 0 Å². The monoisotopic (exact) mass is 332 g/mol. The third kappa shape index (κ3) is 9.46. The Morgan fingerprint density at radius 2 is 1.76 bits per heavy atom. The summed E-state index contributed by atoms with van der Waals surface area (Å²) in [7, 11) is -3.84. The zero-order valence-corrected chi connectivity index (χ0v) is 14.7. The molecule has 0 aliphatic carbocycles. The maximum absolute atomic E-state index is 11.0. The lowest BCUT2D eigenvalue weighted by atomic mass is 9.94. The number of unbranched alkanes of at least 4 members (excludes halogenated alkanes) is 5. The Morgan fingerprint density at radius 3 is 2.38 bits per heavy atom. The van der Waals surface area contributed by atoms with E-state index in [0.29, 0.717) is 12.3 Å². The van der Waals surface area contributed by atoms with E-state index in [9.17, 15) is 4.57 Å². The molecule has 1 atom stereocenters. The Kier molecular flexibility index (Phi) is 9.50. The molecule has 0 radical (unpaired) electrons. The van der Waals surface area contributed by atoms with E-state index in [2.05, 4.69) is 24.4 Å². The maximum atomic E-state index is 11.0. The van der Waals surface area contributed by atoms with Gasteiger partial charge in [0.15, 0.2) is 0 Å². The standard InChI is InChI=1S/C16H29O3PS/c1-2-3-4-5-6-7-10-15(16-12-9-14-21-16)11-8-13-20(17,18)19/h9,12,14-15H,2-8,10-11,13H2,1H3,(H2,17,18,19). The van der Waals surface area contributed by atoms with Crippen molar-refractivity contribution in [1.29, 1.82) is 0 Å². The number of thiophene rings is 1. The third-order valence-corrected chi connectivity index (χ3v) is 5.79. The predicted octanol–water partition coefficient (Wildman–Crippen LogP) is 5.54. The van der Waals surface area contributed by atoms with Gasteiger partial charge in [0.1, 0.15) is 0 Å². The van der Waals surface area contributed by atoms with Crippen molar-refractivity contribution in [2.45, 2.75) is 70.6 Å². The fraction of sp³-hybridized carbons (Fsp3) is 0.750. The van der Waals surface area contributed by atoms with E-state index < -0.39 is 7.60 Å². The molecule has 0 spiro atoms. The van der Waals surface area contributed by atoms with Crippen molar-refractivity contribution >= 4 is 18.9 Å². The van der Waals surface area contributed by atoms with Gasteiger partial charge in [-0.05, 0) is 36.6 Å². The Morgan fingerprint density at radius 1 is 1.10 bits per heavy atom. The SMILES string of the molecule is CCCCCCCCC(CCCP(=O)(O)O)c1cccs1. The number of hydrogen-bond donors (Lipinski definition) is 2. The van der Waals surface area contributed by atoms with Crippen molar-refractivity contribution in [2.75, 3.05) is 6.16 Å². The number of hydrogen-bond acceptors (Lipinski definition) is 2. The second-order valence-corrected chi connectivity index (χ2v) is 8.56. The summed E-state index contributed by atoms with van der Waals surface area (Å²) in [6, 6.07) is 4.22. The van der Waals surface area contributed by atoms with Gasteiger partial charge in [0.2, 0.25) is 0 Å². The van der Waals surface area contributed by atoms with Crippen molar-refractivity contribution < 1.29 is 14.4 Å². The smallest absolute Gasteiger partial charge is 0.324 e. The Balaban J connectivity index is 2.31.